The quantitative estimate of drug-likeness (QED) is 0.198. The van der Waals surface area contributed by atoms with Gasteiger partial charge in [0, 0.05) is 73.1 Å². The standard InChI is InChI=1S/C35H41N5O6S/c1-21-8-10-23(11-9-21)47(42,43)33(40-18-22(19-40)17-37-34(41)46-35(2,3)4)24-12-13-36-32-26(24)14-28(38-32)27-20-39(5)29-16-31(45-7)30(44-6)15-25(27)29/h8-16,20,22,33H,17-19H2,1-7H3,(H,36,38)(H,37,41). The fourth-order valence-electron chi connectivity index (χ4n) is 6.22. The molecule has 4 heterocycles. The van der Waals surface area contributed by atoms with Crippen molar-refractivity contribution in [1.29, 1.82) is 0 Å². The first-order valence-electron chi connectivity index (χ1n) is 15.5. The number of carbonyl (C=O) groups is 1. The largest absolute Gasteiger partial charge is 0.493 e. The number of aromatic nitrogens is 3. The van der Waals surface area contributed by atoms with Crippen molar-refractivity contribution >= 4 is 37.9 Å². The molecule has 248 valence electrons. The highest BCUT2D eigenvalue weighted by atomic mass is 32.2. The first kappa shape index (κ1) is 32.4. The molecule has 0 spiro atoms. The van der Waals surface area contributed by atoms with E-state index in [0.29, 0.717) is 42.3 Å². The molecule has 2 N–H and O–H groups in total. The fourth-order valence-corrected chi connectivity index (χ4v) is 8.10. The molecule has 1 fully saturated rings. The molecule has 1 unspecified atom stereocenters. The highest BCUT2D eigenvalue weighted by molar-refractivity contribution is 7.91. The molecule has 5 aromatic rings. The maximum atomic E-state index is 14.4. The van der Waals surface area contributed by atoms with Crippen LogP contribution in [0.15, 0.2) is 65.8 Å². The van der Waals surface area contributed by atoms with Crippen LogP contribution in [-0.2, 0) is 21.6 Å². The SMILES string of the molecule is COc1cc2c(-c3cc4c(C(N5CC(CNC(=O)OC(C)(C)C)C5)S(=O)(=O)c5ccc(C)cc5)ccnc4[nH]3)cn(C)c2cc1OC. The Hall–Kier alpha value is -4.55. The molecule has 1 aliphatic rings. The van der Waals surface area contributed by atoms with Gasteiger partial charge in [-0.25, -0.2) is 18.2 Å². The highest BCUT2D eigenvalue weighted by Gasteiger charge is 2.42. The number of amides is 1. The Labute approximate surface area is 274 Å². The van der Waals surface area contributed by atoms with Crippen LogP contribution in [0.1, 0.15) is 37.3 Å². The minimum Gasteiger partial charge on any atom is -0.493 e. The number of alkyl carbamates (subject to hydrolysis) is 1. The molecular formula is C35H41N5O6S. The van der Waals surface area contributed by atoms with E-state index in [4.69, 9.17) is 14.2 Å². The summed E-state index contributed by atoms with van der Waals surface area (Å²) in [5.74, 6) is 1.31. The number of fused-ring (bicyclic) bond motifs is 2. The second-order valence-electron chi connectivity index (χ2n) is 13.1. The number of sulfone groups is 1. The van der Waals surface area contributed by atoms with Gasteiger partial charge in [-0.3, -0.25) is 4.90 Å². The lowest BCUT2D eigenvalue weighted by Gasteiger charge is -2.44. The van der Waals surface area contributed by atoms with Crippen molar-refractivity contribution in [3.63, 3.8) is 0 Å². The zero-order valence-electron chi connectivity index (χ0n) is 27.7. The molecule has 1 atom stereocenters. The maximum absolute atomic E-state index is 14.4. The average Bonchev–Trinajstić information content (AvgIpc) is 3.57. The van der Waals surface area contributed by atoms with E-state index in [2.05, 4.69) is 15.3 Å². The van der Waals surface area contributed by atoms with Crippen molar-refractivity contribution in [2.24, 2.45) is 13.0 Å². The summed E-state index contributed by atoms with van der Waals surface area (Å²) in [4.78, 5) is 22.5. The Morgan fingerprint density at radius 3 is 2.38 bits per heavy atom. The molecule has 0 bridgehead atoms. The fraction of sp³-hybridized carbons (Fsp3) is 0.371. The van der Waals surface area contributed by atoms with E-state index >= 15 is 0 Å². The van der Waals surface area contributed by atoms with Crippen LogP contribution in [0, 0.1) is 12.8 Å². The van der Waals surface area contributed by atoms with Gasteiger partial charge in [0.1, 0.15) is 16.6 Å². The third-order valence-electron chi connectivity index (χ3n) is 8.51. The van der Waals surface area contributed by atoms with Gasteiger partial charge in [-0.1, -0.05) is 17.7 Å². The van der Waals surface area contributed by atoms with Gasteiger partial charge in [0.15, 0.2) is 21.3 Å². The molecule has 0 radical (unpaired) electrons. The van der Waals surface area contributed by atoms with Gasteiger partial charge < -0.3 is 29.1 Å². The Bertz CT molecular complexity index is 2050. The second-order valence-corrected chi connectivity index (χ2v) is 15.1. The first-order valence-corrected chi connectivity index (χ1v) is 17.0. The normalized spacial score (nSPS) is 15.0. The lowest BCUT2D eigenvalue weighted by molar-refractivity contribution is 0.0446. The number of likely N-dealkylation sites (tertiary alicyclic amines) is 1. The molecule has 1 aliphatic heterocycles. The number of nitrogens with one attached hydrogen (secondary N) is 2. The summed E-state index contributed by atoms with van der Waals surface area (Å²) in [5.41, 5.74) is 4.27. The van der Waals surface area contributed by atoms with Crippen molar-refractivity contribution in [2.45, 2.75) is 43.6 Å². The predicted molar refractivity (Wildman–Crippen MR) is 182 cm³/mol. The smallest absolute Gasteiger partial charge is 0.407 e. The third kappa shape index (κ3) is 6.27. The maximum Gasteiger partial charge on any atom is 0.407 e. The Morgan fingerprint density at radius 1 is 1.04 bits per heavy atom. The van der Waals surface area contributed by atoms with E-state index < -0.39 is 26.9 Å². The number of H-pyrrole nitrogens is 1. The molecule has 6 rings (SSSR count). The van der Waals surface area contributed by atoms with Crippen LogP contribution in [-0.4, -0.2) is 73.4 Å². The summed E-state index contributed by atoms with van der Waals surface area (Å²) in [6.07, 6.45) is 3.18. The van der Waals surface area contributed by atoms with Crippen molar-refractivity contribution in [1.82, 2.24) is 24.8 Å². The number of pyridine rings is 1. The molecule has 3 aromatic heterocycles. The molecule has 47 heavy (non-hydrogen) atoms. The van der Waals surface area contributed by atoms with Crippen LogP contribution in [0.4, 0.5) is 4.79 Å². The minimum atomic E-state index is -3.87. The van der Waals surface area contributed by atoms with Crippen LogP contribution in [0.2, 0.25) is 0 Å². The summed E-state index contributed by atoms with van der Waals surface area (Å²) < 4.78 is 47.4. The number of methoxy groups -OCH3 is 2. The van der Waals surface area contributed by atoms with E-state index in [9.17, 15) is 13.2 Å². The van der Waals surface area contributed by atoms with E-state index in [0.717, 1.165) is 33.1 Å². The number of ether oxygens (including phenoxy) is 3. The van der Waals surface area contributed by atoms with E-state index in [1.165, 1.54) is 0 Å². The van der Waals surface area contributed by atoms with E-state index in [1.54, 1.807) is 38.6 Å². The molecule has 0 aliphatic carbocycles. The monoisotopic (exact) mass is 659 g/mol. The number of hydrogen-bond donors (Lipinski definition) is 2. The Morgan fingerprint density at radius 2 is 1.72 bits per heavy atom. The van der Waals surface area contributed by atoms with Crippen LogP contribution in [0.25, 0.3) is 33.2 Å². The molecule has 0 saturated carbocycles. The Balaban J connectivity index is 1.38. The highest BCUT2D eigenvalue weighted by Crippen LogP contribution is 2.42. The van der Waals surface area contributed by atoms with Gasteiger partial charge in [0.2, 0.25) is 0 Å². The lowest BCUT2D eigenvalue weighted by Crippen LogP contribution is -2.54. The minimum absolute atomic E-state index is 0.0694. The van der Waals surface area contributed by atoms with Crippen LogP contribution in [0.5, 0.6) is 11.5 Å². The van der Waals surface area contributed by atoms with Gasteiger partial charge >= 0.3 is 6.09 Å². The Kier molecular flexibility index (Phi) is 8.43. The molecular weight excluding hydrogens is 618 g/mol. The van der Waals surface area contributed by atoms with Gasteiger partial charge in [-0.15, -0.1) is 0 Å². The van der Waals surface area contributed by atoms with Crippen molar-refractivity contribution in [2.75, 3.05) is 33.9 Å². The van der Waals surface area contributed by atoms with Gasteiger partial charge in [-0.2, -0.15) is 0 Å². The number of hydrogen-bond acceptors (Lipinski definition) is 8. The zero-order chi connectivity index (χ0) is 33.7. The van der Waals surface area contributed by atoms with Crippen molar-refractivity contribution in [3.05, 3.63) is 72.1 Å². The number of benzene rings is 2. The molecule has 1 amide bonds. The molecule has 11 nitrogen and oxygen atoms in total. The summed E-state index contributed by atoms with van der Waals surface area (Å²) in [7, 11) is 1.31. The molecule has 12 heteroatoms. The van der Waals surface area contributed by atoms with Gasteiger partial charge in [-0.05, 0) is 63.6 Å². The summed E-state index contributed by atoms with van der Waals surface area (Å²) in [6, 6.07) is 14.6. The van der Waals surface area contributed by atoms with Crippen LogP contribution < -0.4 is 14.8 Å². The summed E-state index contributed by atoms with van der Waals surface area (Å²) in [5, 5.41) is 3.53. The van der Waals surface area contributed by atoms with E-state index in [-0.39, 0.29) is 10.8 Å². The third-order valence-corrected chi connectivity index (χ3v) is 10.6. The van der Waals surface area contributed by atoms with Crippen molar-refractivity contribution in [3.8, 4) is 22.8 Å². The molecule has 2 aromatic carbocycles. The number of aromatic amines is 1. The average molecular weight is 660 g/mol. The van der Waals surface area contributed by atoms with E-state index in [1.807, 2.05) is 80.7 Å². The second kappa shape index (κ2) is 12.2. The summed E-state index contributed by atoms with van der Waals surface area (Å²) in [6.45, 7) is 8.72. The predicted octanol–water partition coefficient (Wildman–Crippen LogP) is 5.98. The van der Waals surface area contributed by atoms with Gasteiger partial charge in [0.05, 0.1) is 24.6 Å². The summed E-state index contributed by atoms with van der Waals surface area (Å²) >= 11 is 0. The van der Waals surface area contributed by atoms with Crippen LogP contribution >= 0.6 is 0 Å². The first-order chi connectivity index (χ1) is 22.3. The zero-order valence-corrected chi connectivity index (χ0v) is 28.6. The van der Waals surface area contributed by atoms with Crippen molar-refractivity contribution < 1.29 is 27.4 Å². The molecule has 1 saturated heterocycles. The lowest BCUT2D eigenvalue weighted by atomic mass is 9.98. The van der Waals surface area contributed by atoms with Crippen LogP contribution in [0.3, 0.4) is 0 Å². The number of rotatable bonds is 9. The number of nitrogens with zero attached hydrogens (tertiary/aromatic N) is 3. The number of carbonyl (C=O) groups excluding carboxylic acids is 1. The topological polar surface area (TPSA) is 128 Å². The number of aryl methyl sites for hydroxylation is 2. The van der Waals surface area contributed by atoms with Gasteiger partial charge in [0.25, 0.3) is 0 Å².